The van der Waals surface area contributed by atoms with Gasteiger partial charge in [-0.15, -0.1) is 6.58 Å². The number of likely N-dealkylation sites (N-methyl/N-ethyl adjacent to an activating group) is 1. The summed E-state index contributed by atoms with van der Waals surface area (Å²) in [5.74, 6) is 0.369. The van der Waals surface area contributed by atoms with Crippen molar-refractivity contribution in [2.45, 2.75) is 38.4 Å². The van der Waals surface area contributed by atoms with Crippen LogP contribution in [0, 0.1) is 0 Å². The van der Waals surface area contributed by atoms with Crippen LogP contribution in [0.3, 0.4) is 0 Å². The summed E-state index contributed by atoms with van der Waals surface area (Å²) in [6, 6.07) is 16.3. The largest absolute Gasteiger partial charge is 0.508 e. The highest BCUT2D eigenvalue weighted by Crippen LogP contribution is 2.35. The summed E-state index contributed by atoms with van der Waals surface area (Å²) in [6.45, 7) is 14.7. The Labute approximate surface area is 210 Å². The minimum atomic E-state index is -0.0477. The van der Waals surface area contributed by atoms with E-state index in [-0.39, 0.29) is 17.7 Å². The van der Waals surface area contributed by atoms with Crippen molar-refractivity contribution in [3.05, 3.63) is 77.9 Å². The Kier molecular flexibility index (Phi) is 8.26. The van der Waals surface area contributed by atoms with Crippen LogP contribution in [0.2, 0.25) is 0 Å². The summed E-state index contributed by atoms with van der Waals surface area (Å²) in [5, 5.41) is 10.3. The first-order valence-corrected chi connectivity index (χ1v) is 12.8. The van der Waals surface area contributed by atoms with Crippen LogP contribution in [0.4, 0.5) is 0 Å². The summed E-state index contributed by atoms with van der Waals surface area (Å²) in [4.78, 5) is 22.7. The lowest BCUT2D eigenvalue weighted by Gasteiger charge is -2.47. The molecule has 1 unspecified atom stereocenters. The van der Waals surface area contributed by atoms with Gasteiger partial charge < -0.3 is 14.9 Å². The summed E-state index contributed by atoms with van der Waals surface area (Å²) in [6.07, 6.45) is 2.97. The van der Waals surface area contributed by atoms with Gasteiger partial charge in [0, 0.05) is 56.9 Å². The van der Waals surface area contributed by atoms with Crippen molar-refractivity contribution in [3.63, 3.8) is 0 Å². The molecule has 0 bridgehead atoms. The minimum Gasteiger partial charge on any atom is -0.508 e. The third kappa shape index (κ3) is 5.95. The van der Waals surface area contributed by atoms with Crippen molar-refractivity contribution in [2.75, 3.05) is 52.9 Å². The number of carbonyl (C=O) groups excluding carboxylic acids is 1. The van der Waals surface area contributed by atoms with Crippen LogP contribution in [-0.2, 0) is 0 Å². The van der Waals surface area contributed by atoms with Gasteiger partial charge in [0.15, 0.2) is 0 Å². The van der Waals surface area contributed by atoms with Crippen molar-refractivity contribution >= 4 is 5.91 Å². The Hall–Kier alpha value is -2.67. The molecule has 2 aromatic rings. The molecule has 1 amide bonds. The number of aromatic hydroxyl groups is 1. The Bertz CT molecular complexity index is 1030. The molecule has 6 heteroatoms. The standard InChI is InChI=1S/C29H40N4O2/c1-5-13-32-20-23(3)33(21-22(32)2)28(25-10-7-12-27(34)19-25)24-9-6-11-26(18-24)29(35)31-15-8-14-30(4)16-17-31/h5-7,9-12,18-19,22-23,28,34H,1,8,13-17,20-21H2,2-4H3/t22-,23+,28?/m1/s1. The van der Waals surface area contributed by atoms with Crippen molar-refractivity contribution in [1.82, 2.24) is 19.6 Å². The highest BCUT2D eigenvalue weighted by atomic mass is 16.3. The number of hydrogen-bond acceptors (Lipinski definition) is 5. The molecule has 4 rings (SSSR count). The highest BCUT2D eigenvalue weighted by molar-refractivity contribution is 5.94. The number of piperazine rings is 1. The van der Waals surface area contributed by atoms with Crippen LogP contribution < -0.4 is 0 Å². The van der Waals surface area contributed by atoms with Gasteiger partial charge in [0.2, 0.25) is 0 Å². The first kappa shape index (κ1) is 25.4. The lowest BCUT2D eigenvalue weighted by Crippen LogP contribution is -2.57. The van der Waals surface area contributed by atoms with Gasteiger partial charge in [-0.25, -0.2) is 0 Å². The average molecular weight is 477 g/mol. The number of carbonyl (C=O) groups is 1. The number of phenols is 1. The van der Waals surface area contributed by atoms with E-state index in [1.165, 1.54) is 0 Å². The van der Waals surface area contributed by atoms with Gasteiger partial charge in [0.05, 0.1) is 6.04 Å². The molecule has 1 N–H and O–H groups in total. The third-order valence-corrected chi connectivity index (χ3v) is 7.50. The molecule has 0 radical (unpaired) electrons. The van der Waals surface area contributed by atoms with E-state index in [1.54, 1.807) is 6.07 Å². The van der Waals surface area contributed by atoms with Gasteiger partial charge in [0.1, 0.15) is 5.75 Å². The maximum atomic E-state index is 13.5. The first-order valence-electron chi connectivity index (χ1n) is 12.8. The molecule has 0 spiro atoms. The van der Waals surface area contributed by atoms with Gasteiger partial charge in [-0.3, -0.25) is 14.6 Å². The monoisotopic (exact) mass is 476 g/mol. The molecule has 188 valence electrons. The SMILES string of the molecule is C=CCN1C[C@H](C)N(C(c2cccc(O)c2)c2cccc(C(=O)N3CCCN(C)CC3)c2)C[C@H]1C. The Morgan fingerprint density at radius 1 is 1.03 bits per heavy atom. The topological polar surface area (TPSA) is 50.3 Å². The van der Waals surface area contributed by atoms with Gasteiger partial charge in [-0.2, -0.15) is 0 Å². The van der Waals surface area contributed by atoms with Crippen LogP contribution in [0.5, 0.6) is 5.75 Å². The fraction of sp³-hybridized carbons (Fsp3) is 0.483. The molecule has 2 aromatic carbocycles. The second-order valence-electron chi connectivity index (χ2n) is 10.2. The van der Waals surface area contributed by atoms with Crippen LogP contribution >= 0.6 is 0 Å². The summed E-state index contributed by atoms with van der Waals surface area (Å²) >= 11 is 0. The zero-order chi connectivity index (χ0) is 24.9. The molecule has 2 aliphatic rings. The predicted molar refractivity (Wildman–Crippen MR) is 142 cm³/mol. The van der Waals surface area contributed by atoms with Gasteiger partial charge >= 0.3 is 0 Å². The quantitative estimate of drug-likeness (QED) is 0.642. The van der Waals surface area contributed by atoms with E-state index in [0.29, 0.717) is 12.1 Å². The molecule has 6 nitrogen and oxygen atoms in total. The molecule has 2 saturated heterocycles. The fourth-order valence-corrected chi connectivity index (χ4v) is 5.55. The molecule has 35 heavy (non-hydrogen) atoms. The molecule has 2 fully saturated rings. The molecule has 3 atom stereocenters. The molecule has 0 aliphatic carbocycles. The second kappa shape index (κ2) is 11.4. The lowest BCUT2D eigenvalue weighted by atomic mass is 9.92. The van der Waals surface area contributed by atoms with Crippen molar-refractivity contribution in [1.29, 1.82) is 0 Å². The van der Waals surface area contributed by atoms with Crippen molar-refractivity contribution < 1.29 is 9.90 Å². The molecule has 2 heterocycles. The maximum Gasteiger partial charge on any atom is 0.253 e. The molecule has 2 aliphatic heterocycles. The minimum absolute atomic E-state index is 0.0477. The van der Waals surface area contributed by atoms with Crippen molar-refractivity contribution in [3.8, 4) is 5.75 Å². The average Bonchev–Trinajstić information content (AvgIpc) is 3.06. The van der Waals surface area contributed by atoms with Crippen LogP contribution in [-0.4, -0.2) is 95.6 Å². The van der Waals surface area contributed by atoms with Crippen LogP contribution in [0.1, 0.15) is 47.8 Å². The van der Waals surface area contributed by atoms with E-state index in [4.69, 9.17) is 0 Å². The number of nitrogens with zero attached hydrogens (tertiary/aromatic N) is 4. The smallest absolute Gasteiger partial charge is 0.253 e. The number of amides is 1. The first-order chi connectivity index (χ1) is 16.9. The highest BCUT2D eigenvalue weighted by Gasteiger charge is 2.35. The third-order valence-electron chi connectivity index (χ3n) is 7.50. The summed E-state index contributed by atoms with van der Waals surface area (Å²) < 4.78 is 0. The molecular formula is C29H40N4O2. The fourth-order valence-electron chi connectivity index (χ4n) is 5.55. The molecule has 0 aromatic heterocycles. The number of hydrogen-bond donors (Lipinski definition) is 1. The number of benzene rings is 2. The van der Waals surface area contributed by atoms with E-state index in [2.05, 4.69) is 60.4 Å². The lowest BCUT2D eigenvalue weighted by molar-refractivity contribution is 0.0306. The predicted octanol–water partition coefficient (Wildman–Crippen LogP) is 3.84. The Balaban J connectivity index is 1.67. The van der Waals surface area contributed by atoms with Crippen molar-refractivity contribution in [2.24, 2.45) is 0 Å². The number of phenolic OH excluding ortho intramolecular Hbond substituents is 1. The molecule has 0 saturated carbocycles. The summed E-state index contributed by atoms with van der Waals surface area (Å²) in [5.41, 5.74) is 2.87. The van der Waals surface area contributed by atoms with E-state index >= 15 is 0 Å². The van der Waals surface area contributed by atoms with E-state index in [0.717, 1.165) is 68.9 Å². The second-order valence-corrected chi connectivity index (χ2v) is 10.2. The Morgan fingerprint density at radius 3 is 2.51 bits per heavy atom. The zero-order valence-electron chi connectivity index (χ0n) is 21.4. The summed E-state index contributed by atoms with van der Waals surface area (Å²) in [7, 11) is 2.12. The van der Waals surface area contributed by atoms with E-state index in [9.17, 15) is 9.90 Å². The molecular weight excluding hydrogens is 436 g/mol. The normalized spacial score (nSPS) is 23.6. The van der Waals surface area contributed by atoms with E-state index < -0.39 is 0 Å². The Morgan fingerprint density at radius 2 is 1.77 bits per heavy atom. The van der Waals surface area contributed by atoms with Gasteiger partial charge in [0.25, 0.3) is 5.91 Å². The maximum absolute atomic E-state index is 13.5. The van der Waals surface area contributed by atoms with E-state index in [1.807, 2.05) is 35.2 Å². The number of rotatable bonds is 6. The van der Waals surface area contributed by atoms with Gasteiger partial charge in [-0.05, 0) is 69.3 Å². The van der Waals surface area contributed by atoms with Crippen LogP contribution in [0.15, 0.2) is 61.2 Å². The van der Waals surface area contributed by atoms with Gasteiger partial charge in [-0.1, -0.05) is 30.3 Å². The van der Waals surface area contributed by atoms with Crippen LogP contribution in [0.25, 0.3) is 0 Å². The zero-order valence-corrected chi connectivity index (χ0v) is 21.4.